The van der Waals surface area contributed by atoms with Gasteiger partial charge in [-0.15, -0.1) is 0 Å². The highest BCUT2D eigenvalue weighted by molar-refractivity contribution is 7.89. The summed E-state index contributed by atoms with van der Waals surface area (Å²) >= 11 is 0. The Hall–Kier alpha value is -2.57. The molecule has 0 N–H and O–H groups in total. The number of nitrogens with zero attached hydrogens (tertiary/aromatic N) is 3. The van der Waals surface area contributed by atoms with Gasteiger partial charge >= 0.3 is 0 Å². The maximum atomic E-state index is 13.4. The van der Waals surface area contributed by atoms with E-state index in [4.69, 9.17) is 0 Å². The Morgan fingerprint density at radius 3 is 2.52 bits per heavy atom. The highest BCUT2D eigenvalue weighted by Gasteiger charge is 2.35. The molecule has 0 bridgehead atoms. The van der Waals surface area contributed by atoms with Gasteiger partial charge in [0.15, 0.2) is 0 Å². The van der Waals surface area contributed by atoms with Crippen LogP contribution in [0.4, 0.5) is 0 Å². The van der Waals surface area contributed by atoms with Crippen molar-refractivity contribution in [2.45, 2.75) is 30.2 Å². The van der Waals surface area contributed by atoms with Crippen LogP contribution in [0.15, 0.2) is 78.1 Å². The molecule has 1 saturated heterocycles. The quantitative estimate of drug-likeness (QED) is 0.686. The molecule has 1 aliphatic heterocycles. The Morgan fingerprint density at radius 1 is 0.889 bits per heavy atom. The molecule has 0 radical (unpaired) electrons. The van der Waals surface area contributed by atoms with Crippen molar-refractivity contribution in [3.05, 3.63) is 78.9 Å². The average molecular weight is 379 g/mol. The van der Waals surface area contributed by atoms with Gasteiger partial charge in [0.2, 0.25) is 10.0 Å². The van der Waals surface area contributed by atoms with Crippen LogP contribution >= 0.6 is 0 Å². The van der Waals surface area contributed by atoms with Gasteiger partial charge in [-0.05, 0) is 60.4 Å². The van der Waals surface area contributed by atoms with Gasteiger partial charge < -0.3 is 0 Å². The van der Waals surface area contributed by atoms with E-state index in [1.807, 2.05) is 36.4 Å². The smallest absolute Gasteiger partial charge is 0.243 e. The SMILES string of the molecule is O=S(=O)(c1cccc(-c2ccncc2)c1)N1CCCCC1c1ccccn1. The van der Waals surface area contributed by atoms with E-state index < -0.39 is 10.0 Å². The third-order valence-corrected chi connectivity index (χ3v) is 6.84. The second-order valence-electron chi connectivity index (χ2n) is 6.65. The summed E-state index contributed by atoms with van der Waals surface area (Å²) in [6.45, 7) is 0.517. The standard InChI is InChI=1S/C21H21N3O2S/c25-27(26,19-7-5-6-18(16-19)17-10-13-22-14-11-17)24-15-4-2-9-21(24)20-8-1-3-12-23-20/h1,3,5-8,10-14,16,21H,2,4,9,15H2. The van der Waals surface area contributed by atoms with Crippen molar-refractivity contribution in [2.75, 3.05) is 6.54 Å². The van der Waals surface area contributed by atoms with Crippen molar-refractivity contribution in [2.24, 2.45) is 0 Å². The van der Waals surface area contributed by atoms with Gasteiger partial charge in [-0.3, -0.25) is 9.97 Å². The molecule has 1 atom stereocenters. The largest absolute Gasteiger partial charge is 0.265 e. The fourth-order valence-corrected chi connectivity index (χ4v) is 5.29. The molecule has 27 heavy (non-hydrogen) atoms. The molecule has 0 aliphatic carbocycles. The number of hydrogen-bond acceptors (Lipinski definition) is 4. The van der Waals surface area contributed by atoms with Crippen molar-refractivity contribution in [1.82, 2.24) is 14.3 Å². The number of benzene rings is 1. The molecular weight excluding hydrogens is 358 g/mol. The topological polar surface area (TPSA) is 63.2 Å². The van der Waals surface area contributed by atoms with E-state index in [0.717, 1.165) is 36.1 Å². The van der Waals surface area contributed by atoms with Crippen molar-refractivity contribution in [1.29, 1.82) is 0 Å². The summed E-state index contributed by atoms with van der Waals surface area (Å²) in [4.78, 5) is 8.76. The zero-order valence-electron chi connectivity index (χ0n) is 14.9. The minimum absolute atomic E-state index is 0.213. The first-order valence-electron chi connectivity index (χ1n) is 9.09. The van der Waals surface area contributed by atoms with Gasteiger partial charge in [-0.1, -0.05) is 24.6 Å². The molecule has 3 aromatic rings. The zero-order valence-corrected chi connectivity index (χ0v) is 15.7. The second-order valence-corrected chi connectivity index (χ2v) is 8.54. The lowest BCUT2D eigenvalue weighted by atomic mass is 10.0. The maximum Gasteiger partial charge on any atom is 0.243 e. The lowest BCUT2D eigenvalue weighted by Gasteiger charge is -2.34. The fourth-order valence-electron chi connectivity index (χ4n) is 3.58. The summed E-state index contributed by atoms with van der Waals surface area (Å²) in [6.07, 6.45) is 7.80. The minimum Gasteiger partial charge on any atom is -0.265 e. The predicted molar refractivity (Wildman–Crippen MR) is 104 cm³/mol. The lowest BCUT2D eigenvalue weighted by Crippen LogP contribution is -2.38. The number of aromatic nitrogens is 2. The highest BCUT2D eigenvalue weighted by atomic mass is 32.2. The number of sulfonamides is 1. The molecule has 1 fully saturated rings. The average Bonchev–Trinajstić information content (AvgIpc) is 2.75. The van der Waals surface area contributed by atoms with Gasteiger partial charge in [-0.2, -0.15) is 4.31 Å². The molecular formula is C21H21N3O2S. The summed E-state index contributed by atoms with van der Waals surface area (Å²) < 4.78 is 28.5. The van der Waals surface area contributed by atoms with Crippen LogP contribution in [0.25, 0.3) is 11.1 Å². The summed E-state index contributed by atoms with van der Waals surface area (Å²) in [5.74, 6) is 0. The van der Waals surface area contributed by atoms with Crippen LogP contribution in [0.2, 0.25) is 0 Å². The van der Waals surface area contributed by atoms with Crippen molar-refractivity contribution in [3.63, 3.8) is 0 Å². The first-order chi connectivity index (χ1) is 13.2. The Kier molecular flexibility index (Phi) is 5.01. The molecule has 2 aromatic heterocycles. The number of hydrogen-bond donors (Lipinski definition) is 0. The van der Waals surface area contributed by atoms with Crippen molar-refractivity contribution >= 4 is 10.0 Å². The molecule has 0 saturated carbocycles. The van der Waals surface area contributed by atoms with Crippen LogP contribution in [-0.4, -0.2) is 29.2 Å². The lowest BCUT2D eigenvalue weighted by molar-refractivity contribution is 0.251. The van der Waals surface area contributed by atoms with Crippen LogP contribution in [-0.2, 0) is 10.0 Å². The van der Waals surface area contributed by atoms with Gasteiger partial charge in [0, 0.05) is 25.1 Å². The number of pyridine rings is 2. The van der Waals surface area contributed by atoms with Gasteiger partial charge in [0.05, 0.1) is 16.6 Å². The highest BCUT2D eigenvalue weighted by Crippen LogP contribution is 2.35. The zero-order chi connectivity index (χ0) is 18.7. The van der Waals surface area contributed by atoms with E-state index in [1.165, 1.54) is 0 Å². The first-order valence-corrected chi connectivity index (χ1v) is 10.5. The van der Waals surface area contributed by atoms with Crippen molar-refractivity contribution in [3.8, 4) is 11.1 Å². The maximum absolute atomic E-state index is 13.4. The predicted octanol–water partition coefficient (Wildman–Crippen LogP) is 4.06. The Balaban J connectivity index is 1.72. The van der Waals surface area contributed by atoms with Crippen LogP contribution in [0, 0.1) is 0 Å². The van der Waals surface area contributed by atoms with E-state index >= 15 is 0 Å². The molecule has 138 valence electrons. The summed E-state index contributed by atoms with van der Waals surface area (Å²) in [6, 6.07) is 16.3. The van der Waals surface area contributed by atoms with E-state index in [9.17, 15) is 8.42 Å². The molecule has 3 heterocycles. The first kappa shape index (κ1) is 17.8. The van der Waals surface area contributed by atoms with E-state index in [2.05, 4.69) is 9.97 Å². The van der Waals surface area contributed by atoms with Crippen LogP contribution in [0.5, 0.6) is 0 Å². The molecule has 6 heteroatoms. The summed E-state index contributed by atoms with van der Waals surface area (Å²) in [5.41, 5.74) is 2.62. The Labute approximate surface area is 159 Å². The van der Waals surface area contributed by atoms with E-state index in [1.54, 1.807) is 41.1 Å². The number of piperidine rings is 1. The van der Waals surface area contributed by atoms with Crippen LogP contribution in [0.1, 0.15) is 31.0 Å². The van der Waals surface area contributed by atoms with Crippen LogP contribution in [0.3, 0.4) is 0 Å². The van der Waals surface area contributed by atoms with E-state index in [0.29, 0.717) is 11.4 Å². The molecule has 0 spiro atoms. The second kappa shape index (κ2) is 7.58. The normalized spacial score (nSPS) is 18.3. The molecule has 5 nitrogen and oxygen atoms in total. The summed E-state index contributed by atoms with van der Waals surface area (Å²) in [5, 5.41) is 0. The van der Waals surface area contributed by atoms with Gasteiger partial charge in [0.1, 0.15) is 0 Å². The molecule has 1 aliphatic rings. The van der Waals surface area contributed by atoms with Crippen molar-refractivity contribution < 1.29 is 8.42 Å². The molecule has 0 amide bonds. The van der Waals surface area contributed by atoms with E-state index in [-0.39, 0.29) is 6.04 Å². The molecule has 1 aromatic carbocycles. The molecule has 1 unspecified atom stereocenters. The summed E-state index contributed by atoms with van der Waals surface area (Å²) in [7, 11) is -3.61. The van der Waals surface area contributed by atoms with Gasteiger partial charge in [-0.25, -0.2) is 8.42 Å². The third kappa shape index (κ3) is 3.63. The van der Waals surface area contributed by atoms with Crippen LogP contribution < -0.4 is 0 Å². The monoisotopic (exact) mass is 379 g/mol. The molecule has 4 rings (SSSR count). The third-order valence-electron chi connectivity index (χ3n) is 4.94. The Morgan fingerprint density at radius 2 is 1.74 bits per heavy atom. The minimum atomic E-state index is -3.61. The van der Waals surface area contributed by atoms with Gasteiger partial charge in [0.25, 0.3) is 0 Å². The Bertz CT molecular complexity index is 1010. The fraction of sp³-hybridized carbons (Fsp3) is 0.238. The number of rotatable bonds is 4.